The highest BCUT2D eigenvalue weighted by molar-refractivity contribution is 6.39. The molecule has 47 heavy (non-hydrogen) atoms. The number of carbonyl (C=O) groups is 2. The van der Waals surface area contributed by atoms with E-state index < -0.39 is 63.1 Å². The highest BCUT2D eigenvalue weighted by Gasteiger charge is 2.43. The van der Waals surface area contributed by atoms with Gasteiger partial charge in [0.2, 0.25) is 11.8 Å². The summed E-state index contributed by atoms with van der Waals surface area (Å²) in [4.78, 5) is 57.3. The van der Waals surface area contributed by atoms with Crippen LogP contribution in [0.25, 0.3) is 27.7 Å². The third kappa shape index (κ3) is 4.91. The Balaban J connectivity index is 1.81. The van der Waals surface area contributed by atoms with Gasteiger partial charge < -0.3 is 20.2 Å². The van der Waals surface area contributed by atoms with Crippen molar-refractivity contribution in [3.63, 3.8) is 0 Å². The Labute approximate surface area is 273 Å². The maximum atomic E-state index is 17.4. The lowest BCUT2D eigenvalue weighted by Crippen LogP contribution is -2.62. The quantitative estimate of drug-likeness (QED) is 0.276. The average Bonchev–Trinajstić information content (AvgIpc) is 3.13. The van der Waals surface area contributed by atoms with Gasteiger partial charge in [0.1, 0.15) is 35.3 Å². The molecule has 0 radical (unpaired) electrons. The largest absolute Gasteiger partial charge is 0.507 e. The first-order valence-corrected chi connectivity index (χ1v) is 15.5. The molecule has 2 aliphatic heterocycles. The summed E-state index contributed by atoms with van der Waals surface area (Å²) in [6.45, 7) is 12.7. The second-order valence-electron chi connectivity index (χ2n) is 12.3. The SMILES string of the molecule is C=CC(=O)N1CC2C(=O)Nc3c(Cl)c(-c4c(O)cccc4F)c(F)c4c3c(nc(=O)n4-c3c(C(C)C)ncnc3C(C)C)N2CC1C. The molecule has 2 N–H and O–H groups in total. The first-order valence-electron chi connectivity index (χ1n) is 15.1. The fraction of sp³-hybridized carbons (Fsp3) is 0.333. The van der Waals surface area contributed by atoms with Crippen LogP contribution in [0.3, 0.4) is 0 Å². The van der Waals surface area contributed by atoms with Crippen molar-refractivity contribution in [2.75, 3.05) is 23.3 Å². The number of hydrogen-bond acceptors (Lipinski definition) is 8. The van der Waals surface area contributed by atoms with Crippen LogP contribution in [-0.4, -0.2) is 66.5 Å². The molecule has 0 spiro atoms. The van der Waals surface area contributed by atoms with Crippen LogP contribution in [0.2, 0.25) is 5.02 Å². The van der Waals surface area contributed by atoms with Gasteiger partial charge in [0.05, 0.1) is 45.3 Å². The van der Waals surface area contributed by atoms with Gasteiger partial charge in [-0.3, -0.25) is 14.2 Å². The molecular weight excluding hydrogens is 632 g/mol. The van der Waals surface area contributed by atoms with Crippen molar-refractivity contribution in [3.8, 4) is 22.6 Å². The van der Waals surface area contributed by atoms with Gasteiger partial charge in [0.25, 0.3) is 0 Å². The first-order chi connectivity index (χ1) is 22.3. The summed E-state index contributed by atoms with van der Waals surface area (Å²) in [5, 5.41) is 13.1. The zero-order valence-corrected chi connectivity index (χ0v) is 27.1. The van der Waals surface area contributed by atoms with E-state index >= 15 is 8.78 Å². The number of benzene rings is 2. The number of anilines is 2. The molecule has 14 heteroatoms. The number of phenols is 1. The highest BCUT2D eigenvalue weighted by Crippen LogP contribution is 2.49. The normalized spacial score (nSPS) is 17.6. The Morgan fingerprint density at radius 3 is 2.36 bits per heavy atom. The standard InChI is InChI=1S/C33H32ClF2N7O4/c1-7-20(45)41-12-18-32(46)39-28-23-29(25(36)22(24(28)34)21-17(35)9-8-10-19(21)44)43(33(47)40-31(23)42(18)11-16(41)6)30-26(14(2)3)37-13-38-27(30)15(4)5/h7-10,13-16,18,44H,1,11-12H2,2-6H3,(H,39,46). The van der Waals surface area contributed by atoms with E-state index in [9.17, 15) is 19.5 Å². The van der Waals surface area contributed by atoms with Gasteiger partial charge in [-0.1, -0.05) is 51.9 Å². The molecule has 11 nitrogen and oxygen atoms in total. The van der Waals surface area contributed by atoms with Crippen LogP contribution in [0.1, 0.15) is 57.8 Å². The molecule has 2 amide bonds. The second kappa shape index (κ2) is 11.7. The number of nitrogens with one attached hydrogen (secondary N) is 1. The summed E-state index contributed by atoms with van der Waals surface area (Å²) >= 11 is 6.88. The minimum Gasteiger partial charge on any atom is -0.507 e. The smallest absolute Gasteiger partial charge is 0.354 e. The molecule has 6 rings (SSSR count). The number of rotatable bonds is 5. The molecular formula is C33H32ClF2N7O4. The average molecular weight is 664 g/mol. The van der Waals surface area contributed by atoms with Crippen molar-refractivity contribution in [3.05, 3.63) is 75.7 Å². The topological polar surface area (TPSA) is 134 Å². The minimum absolute atomic E-state index is 0.0218. The lowest BCUT2D eigenvalue weighted by molar-refractivity contribution is -0.130. The summed E-state index contributed by atoms with van der Waals surface area (Å²) in [5.41, 5.74) is -1.50. The van der Waals surface area contributed by atoms with E-state index in [0.717, 1.165) is 16.7 Å². The van der Waals surface area contributed by atoms with E-state index in [0.29, 0.717) is 11.4 Å². The van der Waals surface area contributed by atoms with E-state index in [4.69, 9.17) is 11.6 Å². The van der Waals surface area contributed by atoms with Crippen LogP contribution in [0.4, 0.5) is 20.3 Å². The van der Waals surface area contributed by atoms with E-state index in [2.05, 4.69) is 26.8 Å². The summed E-state index contributed by atoms with van der Waals surface area (Å²) in [6.07, 6.45) is 2.52. The van der Waals surface area contributed by atoms with Gasteiger partial charge in [-0.25, -0.2) is 23.5 Å². The second-order valence-corrected chi connectivity index (χ2v) is 12.7. The number of nitrogens with zero attached hydrogens (tertiary/aromatic N) is 6. The van der Waals surface area contributed by atoms with Gasteiger partial charge in [-0.05, 0) is 37.0 Å². The lowest BCUT2D eigenvalue weighted by atomic mass is 9.97. The van der Waals surface area contributed by atoms with Crippen molar-refractivity contribution >= 4 is 45.8 Å². The number of phenolic OH excluding ortho intramolecular Hbond substituents is 1. The third-order valence-electron chi connectivity index (χ3n) is 8.65. The summed E-state index contributed by atoms with van der Waals surface area (Å²) in [5.74, 6) is -4.31. The van der Waals surface area contributed by atoms with Crippen molar-refractivity contribution in [2.24, 2.45) is 0 Å². The minimum atomic E-state index is -1.13. The van der Waals surface area contributed by atoms with Crippen LogP contribution in [0.5, 0.6) is 5.75 Å². The molecule has 2 aromatic heterocycles. The molecule has 2 aromatic carbocycles. The van der Waals surface area contributed by atoms with Crippen LogP contribution in [-0.2, 0) is 9.59 Å². The van der Waals surface area contributed by atoms with Crippen LogP contribution in [0.15, 0.2) is 42.0 Å². The highest BCUT2D eigenvalue weighted by atomic mass is 35.5. The van der Waals surface area contributed by atoms with E-state index in [-0.39, 0.29) is 53.0 Å². The summed E-state index contributed by atoms with van der Waals surface area (Å²) in [7, 11) is 0. The molecule has 0 aliphatic carbocycles. The van der Waals surface area contributed by atoms with Crippen LogP contribution >= 0.6 is 11.6 Å². The molecule has 0 saturated carbocycles. The molecule has 1 fully saturated rings. The van der Waals surface area contributed by atoms with Crippen molar-refractivity contribution in [2.45, 2.75) is 58.5 Å². The van der Waals surface area contributed by atoms with Gasteiger partial charge in [-0.2, -0.15) is 4.98 Å². The zero-order valence-electron chi connectivity index (χ0n) is 26.3. The third-order valence-corrected chi connectivity index (χ3v) is 9.03. The van der Waals surface area contributed by atoms with Crippen molar-refractivity contribution in [1.82, 2.24) is 24.4 Å². The number of fused-ring (bicyclic) bond motifs is 2. The van der Waals surface area contributed by atoms with Crippen LogP contribution in [0, 0.1) is 11.6 Å². The fourth-order valence-corrected chi connectivity index (χ4v) is 6.77. The molecule has 2 unspecified atom stereocenters. The number of hydrogen-bond donors (Lipinski definition) is 2. The molecule has 244 valence electrons. The molecule has 4 heterocycles. The molecule has 1 saturated heterocycles. The van der Waals surface area contributed by atoms with Gasteiger partial charge in [-0.15, -0.1) is 0 Å². The molecule has 0 bridgehead atoms. The Morgan fingerprint density at radius 1 is 1.11 bits per heavy atom. The fourth-order valence-electron chi connectivity index (χ4n) is 6.46. The number of carbonyl (C=O) groups excluding carboxylic acids is 2. The van der Waals surface area contributed by atoms with E-state index in [1.807, 2.05) is 27.7 Å². The predicted molar refractivity (Wildman–Crippen MR) is 174 cm³/mol. The Bertz CT molecular complexity index is 2020. The molecule has 4 aromatic rings. The summed E-state index contributed by atoms with van der Waals surface area (Å²) < 4.78 is 33.9. The molecule has 2 aliphatic rings. The van der Waals surface area contributed by atoms with Crippen molar-refractivity contribution < 1.29 is 23.5 Å². The molecule has 2 atom stereocenters. The Kier molecular flexibility index (Phi) is 7.99. The van der Waals surface area contributed by atoms with Gasteiger partial charge in [0, 0.05) is 18.2 Å². The first kappa shape index (κ1) is 32.0. The summed E-state index contributed by atoms with van der Waals surface area (Å²) in [6, 6.07) is 1.93. The maximum absolute atomic E-state index is 17.4. The lowest BCUT2D eigenvalue weighted by Gasteiger charge is -2.44. The Hall–Kier alpha value is -4.91. The van der Waals surface area contributed by atoms with Gasteiger partial charge >= 0.3 is 5.69 Å². The van der Waals surface area contributed by atoms with E-state index in [1.165, 1.54) is 23.4 Å². The number of aromatic nitrogens is 4. The van der Waals surface area contributed by atoms with E-state index in [1.54, 1.807) is 11.8 Å². The number of piperazine rings is 1. The van der Waals surface area contributed by atoms with Crippen LogP contribution < -0.4 is 15.9 Å². The number of halogens is 3. The predicted octanol–water partition coefficient (Wildman–Crippen LogP) is 5.27. The Morgan fingerprint density at radius 2 is 1.77 bits per heavy atom. The zero-order chi connectivity index (χ0) is 34.1. The van der Waals surface area contributed by atoms with Crippen molar-refractivity contribution in [1.29, 1.82) is 0 Å². The monoisotopic (exact) mass is 663 g/mol. The maximum Gasteiger partial charge on any atom is 0.354 e. The van der Waals surface area contributed by atoms with Gasteiger partial charge in [0.15, 0.2) is 5.82 Å². The number of aromatic hydroxyl groups is 1. The number of amides is 2.